The van der Waals surface area contributed by atoms with Crippen molar-refractivity contribution in [3.05, 3.63) is 0 Å². The van der Waals surface area contributed by atoms with Gasteiger partial charge in [-0.15, -0.1) is 0 Å². The summed E-state index contributed by atoms with van der Waals surface area (Å²) in [7, 11) is 0. The van der Waals surface area contributed by atoms with Crippen LogP contribution in [0.5, 0.6) is 0 Å². The summed E-state index contributed by atoms with van der Waals surface area (Å²) in [6.45, 7) is 13.3. The van der Waals surface area contributed by atoms with E-state index in [1.165, 1.54) is 0 Å². The molecule has 1 amide bonds. The average molecular weight is 243 g/mol. The number of rotatable bonds is 8. The van der Waals surface area contributed by atoms with Crippen molar-refractivity contribution in [3.63, 3.8) is 0 Å². The Labute approximate surface area is 106 Å². The highest BCUT2D eigenvalue weighted by Gasteiger charge is 2.15. The number of likely N-dealkylation sites (N-methyl/N-ethyl adjacent to an activating group) is 1. The standard InChI is InChI=1S/C13H29N3O/c1-6-16(7-2)9-11(5)15-13(17)8-12(14)10(3)4/h10-12H,6-9,14H2,1-5H3,(H,15,17). The van der Waals surface area contributed by atoms with Gasteiger partial charge in [0.05, 0.1) is 0 Å². The summed E-state index contributed by atoms with van der Waals surface area (Å²) in [6, 6.07) is 0.136. The highest BCUT2D eigenvalue weighted by Crippen LogP contribution is 2.03. The van der Waals surface area contributed by atoms with E-state index in [1.54, 1.807) is 0 Å². The van der Waals surface area contributed by atoms with Crippen LogP contribution >= 0.6 is 0 Å². The maximum atomic E-state index is 11.7. The van der Waals surface area contributed by atoms with E-state index in [1.807, 2.05) is 20.8 Å². The lowest BCUT2D eigenvalue weighted by atomic mass is 10.0. The van der Waals surface area contributed by atoms with Crippen molar-refractivity contribution in [2.75, 3.05) is 19.6 Å². The number of carbonyl (C=O) groups is 1. The molecule has 102 valence electrons. The van der Waals surface area contributed by atoms with Crippen LogP contribution in [0.15, 0.2) is 0 Å². The summed E-state index contributed by atoms with van der Waals surface area (Å²) >= 11 is 0. The molecule has 0 saturated carbocycles. The van der Waals surface area contributed by atoms with Crippen molar-refractivity contribution in [3.8, 4) is 0 Å². The van der Waals surface area contributed by atoms with Gasteiger partial charge >= 0.3 is 0 Å². The molecule has 0 aromatic rings. The molecule has 2 atom stereocenters. The number of carbonyl (C=O) groups excluding carboxylic acids is 1. The molecule has 17 heavy (non-hydrogen) atoms. The first-order valence-electron chi connectivity index (χ1n) is 6.67. The van der Waals surface area contributed by atoms with E-state index in [0.717, 1.165) is 19.6 Å². The molecule has 2 unspecified atom stereocenters. The van der Waals surface area contributed by atoms with Gasteiger partial charge in [0.1, 0.15) is 0 Å². The Balaban J connectivity index is 3.95. The molecule has 0 fully saturated rings. The maximum Gasteiger partial charge on any atom is 0.221 e. The quantitative estimate of drug-likeness (QED) is 0.673. The number of hydrogen-bond donors (Lipinski definition) is 2. The minimum absolute atomic E-state index is 0.0457. The molecule has 0 bridgehead atoms. The molecule has 4 heteroatoms. The molecule has 0 saturated heterocycles. The molecular formula is C13H29N3O. The van der Waals surface area contributed by atoms with Crippen LogP contribution in [0.2, 0.25) is 0 Å². The third-order valence-electron chi connectivity index (χ3n) is 3.11. The number of nitrogens with two attached hydrogens (primary N) is 1. The Bertz CT molecular complexity index is 215. The van der Waals surface area contributed by atoms with Gasteiger partial charge in [0.2, 0.25) is 5.91 Å². The van der Waals surface area contributed by atoms with Gasteiger partial charge in [0.15, 0.2) is 0 Å². The molecule has 0 aliphatic rings. The van der Waals surface area contributed by atoms with Crippen LogP contribution in [0.25, 0.3) is 0 Å². The molecule has 0 aromatic heterocycles. The Morgan fingerprint density at radius 3 is 2.18 bits per heavy atom. The van der Waals surface area contributed by atoms with E-state index in [2.05, 4.69) is 24.1 Å². The molecular weight excluding hydrogens is 214 g/mol. The molecule has 3 N–H and O–H groups in total. The van der Waals surface area contributed by atoms with Crippen molar-refractivity contribution in [2.45, 2.75) is 53.1 Å². The third-order valence-corrected chi connectivity index (χ3v) is 3.11. The predicted octanol–water partition coefficient (Wildman–Crippen LogP) is 1.21. The number of hydrogen-bond acceptors (Lipinski definition) is 3. The van der Waals surface area contributed by atoms with Gasteiger partial charge in [0.25, 0.3) is 0 Å². The Morgan fingerprint density at radius 2 is 1.76 bits per heavy atom. The van der Waals surface area contributed by atoms with E-state index in [0.29, 0.717) is 12.3 Å². The lowest BCUT2D eigenvalue weighted by molar-refractivity contribution is -0.122. The smallest absolute Gasteiger partial charge is 0.221 e. The van der Waals surface area contributed by atoms with Crippen molar-refractivity contribution in [1.82, 2.24) is 10.2 Å². The summed E-state index contributed by atoms with van der Waals surface area (Å²) in [5.74, 6) is 0.407. The summed E-state index contributed by atoms with van der Waals surface area (Å²) in [5, 5.41) is 3.00. The zero-order chi connectivity index (χ0) is 13.4. The third kappa shape index (κ3) is 7.34. The summed E-state index contributed by atoms with van der Waals surface area (Å²) in [6.07, 6.45) is 0.417. The van der Waals surface area contributed by atoms with Gasteiger partial charge in [-0.05, 0) is 25.9 Å². The van der Waals surface area contributed by atoms with Crippen molar-refractivity contribution in [1.29, 1.82) is 0 Å². The van der Waals surface area contributed by atoms with Gasteiger partial charge in [-0.1, -0.05) is 27.7 Å². The first-order valence-corrected chi connectivity index (χ1v) is 6.67. The van der Waals surface area contributed by atoms with Crippen molar-refractivity contribution < 1.29 is 4.79 Å². The lowest BCUT2D eigenvalue weighted by Crippen LogP contribution is -2.44. The van der Waals surface area contributed by atoms with Crippen LogP contribution in [0.3, 0.4) is 0 Å². The van der Waals surface area contributed by atoms with Gasteiger partial charge in [-0.3, -0.25) is 4.79 Å². The minimum atomic E-state index is -0.0457. The van der Waals surface area contributed by atoms with Gasteiger partial charge < -0.3 is 16.0 Å². The van der Waals surface area contributed by atoms with Crippen LogP contribution < -0.4 is 11.1 Å². The van der Waals surface area contributed by atoms with E-state index in [4.69, 9.17) is 5.73 Å². The highest BCUT2D eigenvalue weighted by molar-refractivity contribution is 5.76. The summed E-state index contributed by atoms with van der Waals surface area (Å²) < 4.78 is 0. The van der Waals surface area contributed by atoms with E-state index in [-0.39, 0.29) is 18.0 Å². The first-order chi connectivity index (χ1) is 7.90. The van der Waals surface area contributed by atoms with Gasteiger partial charge in [0, 0.05) is 25.0 Å². The molecule has 0 heterocycles. The normalized spacial score (nSPS) is 15.1. The summed E-state index contributed by atoms with van der Waals surface area (Å²) in [5.41, 5.74) is 5.88. The maximum absolute atomic E-state index is 11.7. The fourth-order valence-corrected chi connectivity index (χ4v) is 1.70. The topological polar surface area (TPSA) is 58.4 Å². The molecule has 0 rings (SSSR count). The van der Waals surface area contributed by atoms with Crippen LogP contribution in [0, 0.1) is 5.92 Å². The number of nitrogens with one attached hydrogen (secondary N) is 1. The largest absolute Gasteiger partial charge is 0.352 e. The van der Waals surface area contributed by atoms with E-state index >= 15 is 0 Å². The fraction of sp³-hybridized carbons (Fsp3) is 0.923. The number of amides is 1. The second kappa shape index (κ2) is 8.48. The zero-order valence-corrected chi connectivity index (χ0v) is 12.0. The Hall–Kier alpha value is -0.610. The fourth-order valence-electron chi connectivity index (χ4n) is 1.70. The second-order valence-electron chi connectivity index (χ2n) is 5.07. The van der Waals surface area contributed by atoms with Crippen LogP contribution in [0.1, 0.15) is 41.0 Å². The van der Waals surface area contributed by atoms with E-state index in [9.17, 15) is 4.79 Å². The van der Waals surface area contributed by atoms with Crippen molar-refractivity contribution >= 4 is 5.91 Å². The second-order valence-corrected chi connectivity index (χ2v) is 5.07. The summed E-state index contributed by atoms with van der Waals surface area (Å²) in [4.78, 5) is 14.0. The minimum Gasteiger partial charge on any atom is -0.352 e. The SMILES string of the molecule is CCN(CC)CC(C)NC(=O)CC(N)C(C)C. The molecule has 0 radical (unpaired) electrons. The number of nitrogens with zero attached hydrogens (tertiary/aromatic N) is 1. The van der Waals surface area contributed by atoms with Crippen LogP contribution in [-0.4, -0.2) is 42.5 Å². The Morgan fingerprint density at radius 1 is 1.24 bits per heavy atom. The average Bonchev–Trinajstić information content (AvgIpc) is 2.25. The lowest BCUT2D eigenvalue weighted by Gasteiger charge is -2.24. The monoisotopic (exact) mass is 243 g/mol. The molecule has 0 spiro atoms. The Kier molecular flexibility index (Phi) is 8.17. The van der Waals surface area contributed by atoms with Gasteiger partial charge in [-0.25, -0.2) is 0 Å². The highest BCUT2D eigenvalue weighted by atomic mass is 16.1. The molecule has 4 nitrogen and oxygen atoms in total. The molecule has 0 aliphatic heterocycles. The molecule has 0 aromatic carbocycles. The van der Waals surface area contributed by atoms with Crippen LogP contribution in [0.4, 0.5) is 0 Å². The predicted molar refractivity (Wildman–Crippen MR) is 72.8 cm³/mol. The van der Waals surface area contributed by atoms with Gasteiger partial charge in [-0.2, -0.15) is 0 Å². The van der Waals surface area contributed by atoms with E-state index < -0.39 is 0 Å². The first kappa shape index (κ1) is 16.4. The van der Waals surface area contributed by atoms with Crippen LogP contribution in [-0.2, 0) is 4.79 Å². The molecule has 0 aliphatic carbocycles. The van der Waals surface area contributed by atoms with Crippen molar-refractivity contribution in [2.24, 2.45) is 11.7 Å². The zero-order valence-electron chi connectivity index (χ0n) is 12.0.